The van der Waals surface area contributed by atoms with Gasteiger partial charge in [-0.2, -0.15) is 0 Å². The number of halogens is 2. The van der Waals surface area contributed by atoms with Gasteiger partial charge in [0.1, 0.15) is 12.3 Å². The van der Waals surface area contributed by atoms with Gasteiger partial charge in [-0.15, -0.1) is 0 Å². The Morgan fingerprint density at radius 2 is 2.19 bits per heavy atom. The van der Waals surface area contributed by atoms with Crippen LogP contribution in [0, 0.1) is 0 Å². The molecular weight excluding hydrogens is 317 g/mol. The molecule has 21 heavy (non-hydrogen) atoms. The molecule has 0 bridgehead atoms. The molecule has 1 atom stereocenters. The van der Waals surface area contributed by atoms with Crippen molar-refractivity contribution in [1.29, 1.82) is 0 Å². The van der Waals surface area contributed by atoms with E-state index in [0.29, 0.717) is 10.0 Å². The van der Waals surface area contributed by atoms with Crippen molar-refractivity contribution in [2.45, 2.75) is 12.6 Å². The van der Waals surface area contributed by atoms with Crippen molar-refractivity contribution in [3.63, 3.8) is 0 Å². The van der Waals surface area contributed by atoms with Gasteiger partial charge < -0.3 is 20.6 Å². The summed E-state index contributed by atoms with van der Waals surface area (Å²) >= 11 is 11.7. The minimum absolute atomic E-state index is 0.0916. The maximum atomic E-state index is 11.9. The van der Waals surface area contributed by atoms with Gasteiger partial charge in [-0.3, -0.25) is 4.79 Å². The van der Waals surface area contributed by atoms with Gasteiger partial charge in [0.25, 0.3) is 5.91 Å². The molecule has 2 aromatic rings. The molecule has 8 heteroatoms. The molecule has 1 aromatic carbocycles. The van der Waals surface area contributed by atoms with E-state index in [4.69, 9.17) is 38.5 Å². The van der Waals surface area contributed by atoms with Crippen molar-refractivity contribution in [3.8, 4) is 0 Å². The third-order valence-electron chi connectivity index (χ3n) is 2.71. The predicted molar refractivity (Wildman–Crippen MR) is 78.1 cm³/mol. The second kappa shape index (κ2) is 6.91. The van der Waals surface area contributed by atoms with Crippen LogP contribution in [0.5, 0.6) is 0 Å². The van der Waals surface area contributed by atoms with Gasteiger partial charge >= 0.3 is 0 Å². The monoisotopic (exact) mass is 329 g/mol. The summed E-state index contributed by atoms with van der Waals surface area (Å²) in [5.41, 5.74) is 6.43. The minimum atomic E-state index is -0.748. The van der Waals surface area contributed by atoms with E-state index in [1.165, 1.54) is 6.26 Å². The second-order valence-electron chi connectivity index (χ2n) is 4.29. The zero-order valence-electron chi connectivity index (χ0n) is 10.8. The Balaban J connectivity index is 1.98. The Bertz CT molecular complexity index is 645. The number of nitrogens with one attached hydrogen (secondary N) is 1. The SMILES string of the molecule is NC(CO)c1nc(C(=O)NCc2ccc(Cl)c(Cl)c2)co1. The number of aliphatic hydroxyl groups is 1. The van der Waals surface area contributed by atoms with Gasteiger partial charge in [-0.05, 0) is 17.7 Å². The number of nitrogens with two attached hydrogens (primary N) is 1. The van der Waals surface area contributed by atoms with E-state index < -0.39 is 11.9 Å². The van der Waals surface area contributed by atoms with Crippen molar-refractivity contribution in [3.05, 3.63) is 51.7 Å². The molecule has 4 N–H and O–H groups in total. The fraction of sp³-hybridized carbons (Fsp3) is 0.231. The molecule has 1 unspecified atom stereocenters. The predicted octanol–water partition coefficient (Wildman–Crippen LogP) is 1.90. The average Bonchev–Trinajstić information content (AvgIpc) is 2.97. The van der Waals surface area contributed by atoms with Crippen molar-refractivity contribution in [1.82, 2.24) is 10.3 Å². The molecule has 0 spiro atoms. The first-order valence-corrected chi connectivity index (χ1v) is 6.81. The lowest BCUT2D eigenvalue weighted by atomic mass is 10.2. The number of rotatable bonds is 5. The zero-order valence-corrected chi connectivity index (χ0v) is 12.4. The maximum absolute atomic E-state index is 11.9. The Hall–Kier alpha value is -1.60. The zero-order chi connectivity index (χ0) is 15.4. The van der Waals surface area contributed by atoms with E-state index in [1.807, 2.05) is 0 Å². The summed E-state index contributed by atoms with van der Waals surface area (Å²) in [7, 11) is 0. The first-order valence-electron chi connectivity index (χ1n) is 6.05. The summed E-state index contributed by atoms with van der Waals surface area (Å²) in [6, 6.07) is 4.33. The number of carbonyl (C=O) groups excluding carboxylic acids is 1. The van der Waals surface area contributed by atoms with Crippen molar-refractivity contribution < 1.29 is 14.3 Å². The number of benzene rings is 1. The number of aliphatic hydroxyl groups excluding tert-OH is 1. The van der Waals surface area contributed by atoms with Crippen LogP contribution in [0.25, 0.3) is 0 Å². The van der Waals surface area contributed by atoms with Gasteiger partial charge in [0.05, 0.1) is 16.7 Å². The Morgan fingerprint density at radius 3 is 2.86 bits per heavy atom. The summed E-state index contributed by atoms with van der Waals surface area (Å²) in [6.45, 7) is -0.0468. The van der Waals surface area contributed by atoms with Gasteiger partial charge in [0.15, 0.2) is 5.69 Å². The molecule has 0 radical (unpaired) electrons. The summed E-state index contributed by atoms with van der Waals surface area (Å²) in [5, 5.41) is 12.4. The number of aromatic nitrogens is 1. The van der Waals surface area contributed by atoms with Crippen LogP contribution in [0.3, 0.4) is 0 Å². The van der Waals surface area contributed by atoms with Gasteiger partial charge in [-0.25, -0.2) is 4.98 Å². The number of hydrogen-bond acceptors (Lipinski definition) is 5. The third kappa shape index (κ3) is 3.95. The molecule has 1 heterocycles. The number of oxazole rings is 1. The maximum Gasteiger partial charge on any atom is 0.273 e. The van der Waals surface area contributed by atoms with Crippen LogP contribution >= 0.6 is 23.2 Å². The van der Waals surface area contributed by atoms with Crippen LogP contribution in [0.2, 0.25) is 10.0 Å². The van der Waals surface area contributed by atoms with E-state index in [9.17, 15) is 4.79 Å². The first kappa shape index (κ1) is 15.8. The lowest BCUT2D eigenvalue weighted by molar-refractivity contribution is 0.0946. The molecular formula is C13H13Cl2N3O3. The van der Waals surface area contributed by atoms with E-state index in [1.54, 1.807) is 18.2 Å². The molecule has 0 aliphatic carbocycles. The van der Waals surface area contributed by atoms with Crippen molar-refractivity contribution in [2.24, 2.45) is 5.73 Å². The van der Waals surface area contributed by atoms with Crippen LogP contribution in [-0.2, 0) is 6.54 Å². The van der Waals surface area contributed by atoms with E-state index >= 15 is 0 Å². The molecule has 0 saturated carbocycles. The number of amides is 1. The molecule has 2 rings (SSSR count). The molecule has 0 aliphatic rings. The number of nitrogens with zero attached hydrogens (tertiary/aromatic N) is 1. The van der Waals surface area contributed by atoms with Gasteiger partial charge in [0, 0.05) is 6.54 Å². The fourth-order valence-electron chi connectivity index (χ4n) is 1.56. The van der Waals surface area contributed by atoms with Crippen LogP contribution in [0.4, 0.5) is 0 Å². The van der Waals surface area contributed by atoms with Gasteiger partial charge in [0.2, 0.25) is 5.89 Å². The van der Waals surface area contributed by atoms with E-state index in [0.717, 1.165) is 5.56 Å². The topological polar surface area (TPSA) is 101 Å². The first-order chi connectivity index (χ1) is 10.0. The Labute approximate surface area is 130 Å². The van der Waals surface area contributed by atoms with Crippen LogP contribution < -0.4 is 11.1 Å². The standard InChI is InChI=1S/C13H13Cl2N3O3/c14-8-2-1-7(3-9(8)15)4-17-12(20)11-6-21-13(18-11)10(16)5-19/h1-3,6,10,19H,4-5,16H2,(H,17,20). The fourth-order valence-corrected chi connectivity index (χ4v) is 1.88. The van der Waals surface area contributed by atoms with Gasteiger partial charge in [-0.1, -0.05) is 29.3 Å². The number of hydrogen-bond donors (Lipinski definition) is 3. The van der Waals surface area contributed by atoms with Crippen molar-refractivity contribution >= 4 is 29.1 Å². The Kier molecular flexibility index (Phi) is 5.19. The highest BCUT2D eigenvalue weighted by atomic mass is 35.5. The lowest BCUT2D eigenvalue weighted by Crippen LogP contribution is -2.23. The average molecular weight is 330 g/mol. The number of carbonyl (C=O) groups is 1. The molecule has 6 nitrogen and oxygen atoms in total. The van der Waals surface area contributed by atoms with E-state index in [-0.39, 0.29) is 24.7 Å². The highest BCUT2D eigenvalue weighted by Crippen LogP contribution is 2.22. The van der Waals surface area contributed by atoms with Crippen molar-refractivity contribution in [2.75, 3.05) is 6.61 Å². The summed E-state index contributed by atoms with van der Waals surface area (Å²) < 4.78 is 5.03. The van der Waals surface area contributed by atoms with Crippen LogP contribution in [-0.4, -0.2) is 22.6 Å². The highest BCUT2D eigenvalue weighted by Gasteiger charge is 2.16. The third-order valence-corrected chi connectivity index (χ3v) is 3.44. The molecule has 0 aliphatic heterocycles. The van der Waals surface area contributed by atoms with E-state index in [2.05, 4.69) is 10.3 Å². The Morgan fingerprint density at radius 1 is 1.43 bits per heavy atom. The molecule has 1 amide bonds. The molecule has 112 valence electrons. The lowest BCUT2D eigenvalue weighted by Gasteiger charge is -2.04. The summed E-state index contributed by atoms with van der Waals surface area (Å²) in [6.07, 6.45) is 1.19. The molecule has 1 aromatic heterocycles. The molecule has 0 saturated heterocycles. The highest BCUT2D eigenvalue weighted by molar-refractivity contribution is 6.42. The van der Waals surface area contributed by atoms with Crippen LogP contribution in [0.15, 0.2) is 28.9 Å². The smallest absolute Gasteiger partial charge is 0.273 e. The summed E-state index contributed by atoms with van der Waals surface area (Å²) in [4.78, 5) is 15.8. The summed E-state index contributed by atoms with van der Waals surface area (Å²) in [5.74, 6) is -0.307. The minimum Gasteiger partial charge on any atom is -0.446 e. The normalized spacial score (nSPS) is 12.2. The van der Waals surface area contributed by atoms with Crippen LogP contribution in [0.1, 0.15) is 28.0 Å². The second-order valence-corrected chi connectivity index (χ2v) is 5.11. The largest absolute Gasteiger partial charge is 0.446 e. The molecule has 0 fully saturated rings. The quantitative estimate of drug-likeness (QED) is 0.777.